The minimum atomic E-state index is -0.527. The molecular weight excluding hydrogens is 680 g/mol. The maximum atomic E-state index is 15.7. The molecule has 0 bridgehead atoms. The van der Waals surface area contributed by atoms with Crippen LogP contribution in [0.4, 0.5) is 4.39 Å². The Labute approximate surface area is 319 Å². The molecular formula is C49H33FN4O. The lowest BCUT2D eigenvalue weighted by atomic mass is 9.85. The van der Waals surface area contributed by atoms with Crippen LogP contribution in [0.1, 0.15) is 25.0 Å². The van der Waals surface area contributed by atoms with Crippen LogP contribution in [-0.2, 0) is 5.60 Å². The number of fused-ring (bicyclic) bond motifs is 3. The molecule has 8 aromatic rings. The summed E-state index contributed by atoms with van der Waals surface area (Å²) in [5.41, 5.74) is 10.8. The topological polar surface area (TPSA) is 71.7 Å². The highest BCUT2D eigenvalue weighted by Gasteiger charge is 2.32. The van der Waals surface area contributed by atoms with Gasteiger partial charge in [-0.3, -0.25) is 0 Å². The minimum absolute atomic E-state index is 0.340. The Morgan fingerprint density at radius 3 is 1.71 bits per heavy atom. The number of ether oxygens (including phenoxy) is 1. The van der Waals surface area contributed by atoms with Gasteiger partial charge in [0.25, 0.3) is 0 Å². The summed E-state index contributed by atoms with van der Waals surface area (Å²) in [6, 6.07) is 55.0. The Kier molecular flexibility index (Phi) is 8.33. The molecule has 1 aromatic heterocycles. The number of nitriles is 1. The smallest absolute Gasteiger partial charge is 0.164 e. The summed E-state index contributed by atoms with van der Waals surface area (Å²) in [4.78, 5) is 15.0. The van der Waals surface area contributed by atoms with Gasteiger partial charge in [0, 0.05) is 27.8 Å². The summed E-state index contributed by atoms with van der Waals surface area (Å²) >= 11 is 0. The van der Waals surface area contributed by atoms with Crippen molar-refractivity contribution in [3.63, 3.8) is 0 Å². The first-order valence-electron chi connectivity index (χ1n) is 18.1. The maximum Gasteiger partial charge on any atom is 0.164 e. The monoisotopic (exact) mass is 712 g/mol. The summed E-state index contributed by atoms with van der Waals surface area (Å²) < 4.78 is 22.3. The first kappa shape index (κ1) is 33.6. The second-order valence-electron chi connectivity index (χ2n) is 14.1. The Morgan fingerprint density at radius 1 is 0.473 bits per heavy atom. The number of nitrogens with zero attached hydrogens (tertiary/aromatic N) is 4. The Hall–Kier alpha value is -7.23. The number of benzene rings is 7. The fourth-order valence-corrected chi connectivity index (χ4v) is 7.30. The molecule has 7 aromatic carbocycles. The molecule has 0 saturated carbocycles. The Bertz CT molecular complexity index is 2810. The van der Waals surface area contributed by atoms with E-state index in [-0.39, 0.29) is 0 Å². The normalized spacial score (nSPS) is 12.5. The molecule has 0 spiro atoms. The molecule has 6 heteroatoms. The standard InChI is InChI=1S/C49H33FN4O/c1-49(2)44-20-7-6-19-42(44)43-22-21-36(29-45(43)55-49)39-26-40(28-41(50)27-39)48-53-46(37-17-9-15-34(24-37)32-12-4-3-5-13-32)52-47(54-48)38-18-10-16-35(25-38)33-14-8-11-31(23-33)30-51/h3-29H,1-2H3. The number of hydrogen-bond donors (Lipinski definition) is 0. The van der Waals surface area contributed by atoms with Gasteiger partial charge in [-0.15, -0.1) is 0 Å². The second kappa shape index (κ2) is 13.6. The molecule has 0 aliphatic carbocycles. The molecule has 0 saturated heterocycles. The van der Waals surface area contributed by atoms with E-state index < -0.39 is 11.4 Å². The van der Waals surface area contributed by atoms with Crippen molar-refractivity contribution in [2.75, 3.05) is 0 Å². The minimum Gasteiger partial charge on any atom is -0.482 e. The highest BCUT2D eigenvalue weighted by atomic mass is 19.1. The lowest BCUT2D eigenvalue weighted by Crippen LogP contribution is -2.29. The Balaban J connectivity index is 1.18. The van der Waals surface area contributed by atoms with Crippen molar-refractivity contribution < 1.29 is 9.13 Å². The molecule has 1 aliphatic rings. The lowest BCUT2D eigenvalue weighted by molar-refractivity contribution is 0.106. The zero-order chi connectivity index (χ0) is 37.5. The first-order chi connectivity index (χ1) is 26.8. The van der Waals surface area contributed by atoms with E-state index in [1.165, 1.54) is 12.1 Å². The predicted molar refractivity (Wildman–Crippen MR) is 216 cm³/mol. The van der Waals surface area contributed by atoms with Gasteiger partial charge in [0.15, 0.2) is 17.5 Å². The van der Waals surface area contributed by atoms with Gasteiger partial charge < -0.3 is 4.74 Å². The van der Waals surface area contributed by atoms with E-state index in [1.54, 1.807) is 6.07 Å². The quantitative estimate of drug-likeness (QED) is 0.172. The largest absolute Gasteiger partial charge is 0.482 e. The van der Waals surface area contributed by atoms with Crippen molar-refractivity contribution in [1.82, 2.24) is 15.0 Å². The highest BCUT2D eigenvalue weighted by Crippen LogP contribution is 2.46. The maximum absolute atomic E-state index is 15.7. The highest BCUT2D eigenvalue weighted by molar-refractivity contribution is 5.82. The number of aromatic nitrogens is 3. The summed E-state index contributed by atoms with van der Waals surface area (Å²) in [6.07, 6.45) is 0. The molecule has 0 atom stereocenters. The van der Waals surface area contributed by atoms with Crippen LogP contribution in [0.2, 0.25) is 0 Å². The van der Waals surface area contributed by atoms with Crippen molar-refractivity contribution in [3.05, 3.63) is 181 Å². The van der Waals surface area contributed by atoms with Crippen LogP contribution in [0, 0.1) is 17.1 Å². The van der Waals surface area contributed by atoms with Crippen LogP contribution >= 0.6 is 0 Å². The SMILES string of the molecule is CC1(C)Oc2cc(-c3cc(F)cc(-c4nc(-c5cccc(-c6ccccc6)c5)nc(-c5cccc(-c6cccc(C#N)c6)c5)n4)c3)ccc2-c2ccccc21. The fourth-order valence-electron chi connectivity index (χ4n) is 7.30. The summed E-state index contributed by atoms with van der Waals surface area (Å²) in [5.74, 6) is 1.58. The van der Waals surface area contributed by atoms with Gasteiger partial charge in [-0.05, 0) is 101 Å². The van der Waals surface area contributed by atoms with E-state index >= 15 is 4.39 Å². The summed E-state index contributed by atoms with van der Waals surface area (Å²) in [5, 5.41) is 9.52. The number of hydrogen-bond acceptors (Lipinski definition) is 5. The summed E-state index contributed by atoms with van der Waals surface area (Å²) in [7, 11) is 0. The van der Waals surface area contributed by atoms with E-state index in [1.807, 2.05) is 109 Å². The van der Waals surface area contributed by atoms with Crippen molar-refractivity contribution in [2.45, 2.75) is 19.4 Å². The molecule has 1 aliphatic heterocycles. The van der Waals surface area contributed by atoms with Crippen molar-refractivity contribution in [3.8, 4) is 90.5 Å². The second-order valence-corrected chi connectivity index (χ2v) is 14.1. The molecule has 0 N–H and O–H groups in total. The molecule has 5 nitrogen and oxygen atoms in total. The van der Waals surface area contributed by atoms with Gasteiger partial charge in [-0.2, -0.15) is 5.26 Å². The van der Waals surface area contributed by atoms with Crippen molar-refractivity contribution in [1.29, 1.82) is 5.26 Å². The third-order valence-electron chi connectivity index (χ3n) is 10.0. The van der Waals surface area contributed by atoms with Gasteiger partial charge in [0.1, 0.15) is 17.2 Å². The first-order valence-corrected chi connectivity index (χ1v) is 18.1. The van der Waals surface area contributed by atoms with Gasteiger partial charge in [0.2, 0.25) is 0 Å². The molecule has 0 unspecified atom stereocenters. The number of rotatable bonds is 6. The van der Waals surface area contributed by atoms with Gasteiger partial charge >= 0.3 is 0 Å². The molecule has 0 fully saturated rings. The van der Waals surface area contributed by atoms with Crippen molar-refractivity contribution in [2.24, 2.45) is 0 Å². The van der Waals surface area contributed by atoms with E-state index in [9.17, 15) is 5.26 Å². The van der Waals surface area contributed by atoms with Crippen LogP contribution in [0.25, 0.3) is 78.7 Å². The third kappa shape index (κ3) is 6.53. The van der Waals surface area contributed by atoms with E-state index in [2.05, 4.69) is 56.3 Å². The Morgan fingerprint density at radius 2 is 1.00 bits per heavy atom. The average molecular weight is 713 g/mol. The van der Waals surface area contributed by atoms with E-state index in [0.717, 1.165) is 61.4 Å². The van der Waals surface area contributed by atoms with Crippen molar-refractivity contribution >= 4 is 0 Å². The van der Waals surface area contributed by atoms with E-state index in [0.29, 0.717) is 34.2 Å². The van der Waals surface area contributed by atoms with Crippen LogP contribution in [-0.4, -0.2) is 15.0 Å². The predicted octanol–water partition coefficient (Wildman–Crippen LogP) is 12.2. The third-order valence-corrected chi connectivity index (χ3v) is 10.0. The molecule has 262 valence electrons. The zero-order valence-electron chi connectivity index (χ0n) is 30.2. The van der Waals surface area contributed by atoms with Gasteiger partial charge in [0.05, 0.1) is 11.6 Å². The zero-order valence-corrected chi connectivity index (χ0v) is 30.2. The lowest BCUT2D eigenvalue weighted by Gasteiger charge is -2.35. The molecule has 2 heterocycles. The van der Waals surface area contributed by atoms with Crippen LogP contribution < -0.4 is 4.74 Å². The van der Waals surface area contributed by atoms with Crippen LogP contribution in [0.15, 0.2) is 164 Å². The summed E-state index contributed by atoms with van der Waals surface area (Å²) in [6.45, 7) is 4.12. The average Bonchev–Trinajstić information content (AvgIpc) is 3.23. The molecule has 9 rings (SSSR count). The van der Waals surface area contributed by atoms with E-state index in [4.69, 9.17) is 19.7 Å². The van der Waals surface area contributed by atoms with Crippen LogP contribution in [0.5, 0.6) is 5.75 Å². The fraction of sp³-hybridized carbons (Fsp3) is 0.0612. The molecule has 0 amide bonds. The van der Waals surface area contributed by atoms with Gasteiger partial charge in [-0.25, -0.2) is 19.3 Å². The number of halogens is 1. The molecule has 0 radical (unpaired) electrons. The molecule has 55 heavy (non-hydrogen) atoms. The van der Waals surface area contributed by atoms with Gasteiger partial charge in [-0.1, -0.05) is 115 Å². The van der Waals surface area contributed by atoms with Crippen LogP contribution in [0.3, 0.4) is 0 Å².